The van der Waals surface area contributed by atoms with E-state index in [1.807, 2.05) is 29.8 Å². The van der Waals surface area contributed by atoms with Crippen LogP contribution >= 0.6 is 15.9 Å². The molecule has 0 spiro atoms. The Bertz CT molecular complexity index is 572. The summed E-state index contributed by atoms with van der Waals surface area (Å²) in [5.74, 6) is 2.35. The molecule has 0 fully saturated rings. The lowest BCUT2D eigenvalue weighted by Crippen LogP contribution is -2.09. The highest BCUT2D eigenvalue weighted by atomic mass is 79.9. The predicted octanol–water partition coefficient (Wildman–Crippen LogP) is 3.56. The molecule has 0 aliphatic carbocycles. The smallest absolute Gasteiger partial charge is 0.165 e. The predicted molar refractivity (Wildman–Crippen MR) is 84.9 cm³/mol. The highest BCUT2D eigenvalue weighted by molar-refractivity contribution is 9.08. The molecule has 5 nitrogen and oxygen atoms in total. The van der Waals surface area contributed by atoms with Crippen LogP contribution in [0.4, 0.5) is 0 Å². The third kappa shape index (κ3) is 3.97. The maximum Gasteiger partial charge on any atom is 0.165 e. The van der Waals surface area contributed by atoms with Crippen LogP contribution in [0.2, 0.25) is 0 Å². The molecule has 0 radical (unpaired) electrons. The van der Waals surface area contributed by atoms with Crippen molar-refractivity contribution in [2.45, 2.75) is 38.8 Å². The number of para-hydroxylation sites is 1. The van der Waals surface area contributed by atoms with Gasteiger partial charge in [-0.15, -0.1) is 0 Å². The second kappa shape index (κ2) is 8.02. The molecular weight excluding hydrogens is 334 g/mol. The molecule has 1 aromatic heterocycles. The number of hydrogen-bond donors (Lipinski definition) is 0. The minimum absolute atomic E-state index is 0.379. The number of halogens is 1. The van der Waals surface area contributed by atoms with Crippen molar-refractivity contribution in [2.75, 3.05) is 6.61 Å². The van der Waals surface area contributed by atoms with Gasteiger partial charge in [0.2, 0.25) is 0 Å². The maximum atomic E-state index is 5.96. The fourth-order valence-corrected chi connectivity index (χ4v) is 2.48. The van der Waals surface area contributed by atoms with Gasteiger partial charge in [-0.3, -0.25) is 0 Å². The average molecular weight is 354 g/mol. The van der Waals surface area contributed by atoms with Gasteiger partial charge in [0.25, 0.3) is 0 Å². The van der Waals surface area contributed by atoms with E-state index in [-0.39, 0.29) is 0 Å². The lowest BCUT2D eigenvalue weighted by molar-refractivity contribution is 0.256. The van der Waals surface area contributed by atoms with E-state index in [1.54, 1.807) is 6.33 Å². The number of aromatic nitrogens is 3. The average Bonchev–Trinajstić information content (AvgIpc) is 2.94. The summed E-state index contributed by atoms with van der Waals surface area (Å²) in [7, 11) is 0. The number of rotatable bonds is 8. The summed E-state index contributed by atoms with van der Waals surface area (Å²) in [6, 6.07) is 5.90. The van der Waals surface area contributed by atoms with Crippen LogP contribution in [0.25, 0.3) is 0 Å². The first-order chi connectivity index (χ1) is 10.3. The van der Waals surface area contributed by atoms with Crippen LogP contribution in [-0.2, 0) is 18.5 Å². The Morgan fingerprint density at radius 3 is 2.81 bits per heavy atom. The standard InChI is InChI=1S/C15H20BrN3O2/c1-3-8-19-14(17-11-18-19)10-21-15-12(9-16)6-5-7-13(15)20-4-2/h5-7,11H,3-4,8-10H2,1-2H3. The Morgan fingerprint density at radius 1 is 1.24 bits per heavy atom. The highest BCUT2D eigenvalue weighted by Crippen LogP contribution is 2.33. The molecule has 0 saturated heterocycles. The van der Waals surface area contributed by atoms with Gasteiger partial charge in [-0.2, -0.15) is 5.10 Å². The van der Waals surface area contributed by atoms with Crippen molar-refractivity contribution in [1.29, 1.82) is 0 Å². The van der Waals surface area contributed by atoms with E-state index in [0.717, 1.165) is 35.9 Å². The quantitative estimate of drug-likeness (QED) is 0.680. The topological polar surface area (TPSA) is 49.2 Å². The number of hydrogen-bond acceptors (Lipinski definition) is 4. The van der Waals surface area contributed by atoms with Crippen LogP contribution in [0.3, 0.4) is 0 Å². The van der Waals surface area contributed by atoms with Gasteiger partial charge in [0.05, 0.1) is 6.61 Å². The fourth-order valence-electron chi connectivity index (χ4n) is 2.03. The summed E-state index contributed by atoms with van der Waals surface area (Å²) >= 11 is 3.48. The number of ether oxygens (including phenoxy) is 2. The number of aryl methyl sites for hydroxylation is 1. The van der Waals surface area contributed by atoms with Gasteiger partial charge in [0, 0.05) is 17.4 Å². The first-order valence-corrected chi connectivity index (χ1v) is 8.22. The van der Waals surface area contributed by atoms with Gasteiger partial charge in [-0.05, 0) is 19.4 Å². The number of nitrogens with zero attached hydrogens (tertiary/aromatic N) is 3. The largest absolute Gasteiger partial charge is 0.490 e. The SMILES string of the molecule is CCCn1ncnc1COc1c(CBr)cccc1OCC. The molecule has 2 rings (SSSR count). The van der Waals surface area contributed by atoms with E-state index in [1.165, 1.54) is 0 Å². The van der Waals surface area contributed by atoms with Crippen LogP contribution in [0.5, 0.6) is 11.5 Å². The third-order valence-corrected chi connectivity index (χ3v) is 3.59. The molecular formula is C15H20BrN3O2. The first-order valence-electron chi connectivity index (χ1n) is 7.10. The summed E-state index contributed by atoms with van der Waals surface area (Å²) < 4.78 is 13.5. The van der Waals surface area contributed by atoms with Crippen molar-refractivity contribution in [1.82, 2.24) is 14.8 Å². The summed E-state index contributed by atoms with van der Waals surface area (Å²) in [4.78, 5) is 4.26. The summed E-state index contributed by atoms with van der Waals surface area (Å²) in [6.45, 7) is 5.90. The molecule has 0 N–H and O–H groups in total. The molecule has 1 heterocycles. The molecule has 0 bridgehead atoms. The Morgan fingerprint density at radius 2 is 2.10 bits per heavy atom. The van der Waals surface area contributed by atoms with Gasteiger partial charge >= 0.3 is 0 Å². The van der Waals surface area contributed by atoms with Gasteiger partial charge in [-0.25, -0.2) is 9.67 Å². The van der Waals surface area contributed by atoms with Crippen molar-refractivity contribution >= 4 is 15.9 Å². The zero-order chi connectivity index (χ0) is 15.1. The number of alkyl halides is 1. The van der Waals surface area contributed by atoms with Gasteiger partial charge in [-0.1, -0.05) is 35.0 Å². The molecule has 0 atom stereocenters. The summed E-state index contributed by atoms with van der Waals surface area (Å²) in [5.41, 5.74) is 1.06. The van der Waals surface area contributed by atoms with Gasteiger partial charge < -0.3 is 9.47 Å². The molecule has 0 saturated carbocycles. The maximum absolute atomic E-state index is 5.96. The zero-order valence-corrected chi connectivity index (χ0v) is 14.0. The molecule has 6 heteroatoms. The van der Waals surface area contributed by atoms with Crippen LogP contribution in [0.15, 0.2) is 24.5 Å². The summed E-state index contributed by atoms with van der Waals surface area (Å²) in [6.07, 6.45) is 2.58. The van der Waals surface area contributed by atoms with Crippen LogP contribution in [0, 0.1) is 0 Å². The normalized spacial score (nSPS) is 10.6. The van der Waals surface area contributed by atoms with E-state index in [9.17, 15) is 0 Å². The Labute approximate surface area is 133 Å². The monoisotopic (exact) mass is 353 g/mol. The highest BCUT2D eigenvalue weighted by Gasteiger charge is 2.12. The van der Waals surface area contributed by atoms with E-state index >= 15 is 0 Å². The van der Waals surface area contributed by atoms with Crippen molar-refractivity contribution in [3.05, 3.63) is 35.9 Å². The van der Waals surface area contributed by atoms with Gasteiger partial charge in [0.15, 0.2) is 17.3 Å². The fraction of sp³-hybridized carbons (Fsp3) is 0.467. The minimum atomic E-state index is 0.379. The van der Waals surface area contributed by atoms with E-state index in [2.05, 4.69) is 32.9 Å². The molecule has 0 aliphatic rings. The Balaban J connectivity index is 2.16. The van der Waals surface area contributed by atoms with Crippen LogP contribution < -0.4 is 9.47 Å². The molecule has 2 aromatic rings. The molecule has 21 heavy (non-hydrogen) atoms. The lowest BCUT2D eigenvalue weighted by Gasteiger charge is -2.15. The molecule has 0 aliphatic heterocycles. The molecule has 0 amide bonds. The molecule has 114 valence electrons. The minimum Gasteiger partial charge on any atom is -0.490 e. The van der Waals surface area contributed by atoms with Crippen LogP contribution in [-0.4, -0.2) is 21.4 Å². The zero-order valence-electron chi connectivity index (χ0n) is 12.4. The van der Waals surface area contributed by atoms with Crippen molar-refractivity contribution in [3.8, 4) is 11.5 Å². The van der Waals surface area contributed by atoms with Gasteiger partial charge in [0.1, 0.15) is 12.9 Å². The first kappa shape index (κ1) is 15.8. The van der Waals surface area contributed by atoms with E-state index in [4.69, 9.17) is 9.47 Å². The Kier molecular flexibility index (Phi) is 6.04. The second-order valence-corrected chi connectivity index (χ2v) is 5.06. The number of benzene rings is 1. The van der Waals surface area contributed by atoms with E-state index in [0.29, 0.717) is 18.5 Å². The summed E-state index contributed by atoms with van der Waals surface area (Å²) in [5, 5.41) is 4.92. The Hall–Kier alpha value is -1.56. The van der Waals surface area contributed by atoms with Crippen molar-refractivity contribution < 1.29 is 9.47 Å². The van der Waals surface area contributed by atoms with E-state index < -0.39 is 0 Å². The van der Waals surface area contributed by atoms with Crippen LogP contribution in [0.1, 0.15) is 31.7 Å². The van der Waals surface area contributed by atoms with Crippen molar-refractivity contribution in [3.63, 3.8) is 0 Å². The second-order valence-electron chi connectivity index (χ2n) is 4.50. The molecule has 1 aromatic carbocycles. The lowest BCUT2D eigenvalue weighted by atomic mass is 10.2. The third-order valence-electron chi connectivity index (χ3n) is 2.98. The van der Waals surface area contributed by atoms with Crippen molar-refractivity contribution in [2.24, 2.45) is 0 Å². The molecule has 0 unspecified atom stereocenters.